The summed E-state index contributed by atoms with van der Waals surface area (Å²) in [5.41, 5.74) is 0. The van der Waals surface area contributed by atoms with Gasteiger partial charge in [-0.05, 0) is 26.7 Å². The second kappa shape index (κ2) is 13.4. The van der Waals surface area contributed by atoms with E-state index in [0.29, 0.717) is 12.2 Å². The van der Waals surface area contributed by atoms with Crippen molar-refractivity contribution in [1.29, 1.82) is 0 Å². The summed E-state index contributed by atoms with van der Waals surface area (Å²) in [5, 5.41) is 25.1. The van der Waals surface area contributed by atoms with Gasteiger partial charge in [0.2, 0.25) is 0 Å². The van der Waals surface area contributed by atoms with Crippen molar-refractivity contribution in [2.24, 2.45) is 11.8 Å². The number of aliphatic hydroxyl groups excluding tert-OH is 2. The first-order valence-electron chi connectivity index (χ1n) is 13.8. The fourth-order valence-corrected chi connectivity index (χ4v) is 6.78. The van der Waals surface area contributed by atoms with E-state index in [9.17, 15) is 28.9 Å². The highest BCUT2D eigenvalue weighted by molar-refractivity contribution is 7.46. The molecule has 3 heterocycles. The van der Waals surface area contributed by atoms with Crippen LogP contribution in [-0.4, -0.2) is 107 Å². The number of nitrogens with one attached hydrogen (secondary N) is 2. The van der Waals surface area contributed by atoms with Gasteiger partial charge in [0, 0.05) is 36.4 Å². The van der Waals surface area contributed by atoms with E-state index in [0.717, 1.165) is 0 Å². The number of fused-ring (bicyclic) bond motifs is 1. The van der Waals surface area contributed by atoms with Gasteiger partial charge in [-0.1, -0.05) is 13.2 Å². The number of hydrogen-bond acceptors (Lipinski definition) is 12. The predicted molar refractivity (Wildman–Crippen MR) is 152 cm³/mol. The van der Waals surface area contributed by atoms with E-state index in [1.165, 1.54) is 23.3 Å². The zero-order chi connectivity index (χ0) is 33.5. The third-order valence-corrected chi connectivity index (χ3v) is 8.85. The van der Waals surface area contributed by atoms with Crippen LogP contribution in [0.5, 0.6) is 0 Å². The van der Waals surface area contributed by atoms with Crippen molar-refractivity contribution < 1.29 is 67.0 Å². The molecule has 18 nitrogen and oxygen atoms in total. The summed E-state index contributed by atoms with van der Waals surface area (Å²) >= 11 is 0. The summed E-state index contributed by atoms with van der Waals surface area (Å²) < 4.78 is 42.6. The van der Waals surface area contributed by atoms with Gasteiger partial charge in [0.05, 0.1) is 37.5 Å². The topological polar surface area (TPSA) is 257 Å². The van der Waals surface area contributed by atoms with Crippen LogP contribution >= 0.6 is 15.6 Å². The standard InChI is InChI=1S/C14H21N2O7P.C11H17N2O7P/c1-8-15-11(17)4-5-16(8)10-6-9(7-21-24(18,19)20)12-13(10)23-14(2,3)22-12;1-6-12-9(14)2-3-13(6)8-4-7(10(15)11(8)16)5-20-21(17,18)19/h4-5,9-10,12-13H,1,6-7H2,2-3H3,(H,15,17)(H2,18,19,20);2-3,7-8,10-11,15-16H,1,4-5H2,(H,12,14)(H2,17,18,19)/t9-,10-,12-,13?;7-,8-,10-,11+/m11/s1. The van der Waals surface area contributed by atoms with Crippen LogP contribution in [0, 0.1) is 11.8 Å². The number of aliphatic hydroxyl groups is 2. The predicted octanol–water partition coefficient (Wildman–Crippen LogP) is -0.956. The van der Waals surface area contributed by atoms with Crippen LogP contribution in [0.1, 0.15) is 26.7 Å². The number of amides is 2. The van der Waals surface area contributed by atoms with E-state index in [-0.39, 0.29) is 61.4 Å². The fraction of sp³-hybridized carbons (Fsp3) is 0.600. The number of carbonyl (C=O) groups excluding carboxylic acids is 2. The first-order chi connectivity index (χ1) is 20.7. The second-order valence-corrected chi connectivity index (χ2v) is 14.0. The summed E-state index contributed by atoms with van der Waals surface area (Å²) in [6.45, 7) is 10.5. The summed E-state index contributed by atoms with van der Waals surface area (Å²) in [6, 6.07) is -0.763. The minimum atomic E-state index is -4.63. The van der Waals surface area contributed by atoms with E-state index in [1.54, 1.807) is 24.9 Å². The van der Waals surface area contributed by atoms with Crippen LogP contribution in [-0.2, 0) is 37.2 Å². The fourth-order valence-electron chi connectivity index (χ4n) is 6.01. The molecule has 0 aromatic rings. The van der Waals surface area contributed by atoms with Gasteiger partial charge < -0.3 is 59.7 Å². The van der Waals surface area contributed by atoms with Gasteiger partial charge in [-0.3, -0.25) is 18.6 Å². The molecule has 1 unspecified atom stereocenters. The molecule has 2 aliphatic carbocycles. The smallest absolute Gasteiger partial charge is 0.390 e. The van der Waals surface area contributed by atoms with Gasteiger partial charge in [0.1, 0.15) is 23.8 Å². The molecule has 5 aliphatic rings. The first kappa shape index (κ1) is 35.4. The summed E-state index contributed by atoms with van der Waals surface area (Å²) in [7, 11) is -9.19. The molecule has 8 atom stereocenters. The zero-order valence-corrected chi connectivity index (χ0v) is 26.2. The molecule has 20 heteroatoms. The van der Waals surface area contributed by atoms with Crippen molar-refractivity contribution in [3.63, 3.8) is 0 Å². The average Bonchev–Trinajstić information content (AvgIpc) is 3.49. The van der Waals surface area contributed by atoms with Crippen molar-refractivity contribution >= 4 is 27.5 Å². The number of rotatable bonds is 8. The number of phosphoric acid groups is 2. The van der Waals surface area contributed by atoms with Crippen LogP contribution < -0.4 is 10.6 Å². The molecule has 0 aromatic heterocycles. The molecule has 5 rings (SSSR count). The molecule has 0 radical (unpaired) electrons. The molecule has 2 amide bonds. The van der Waals surface area contributed by atoms with Gasteiger partial charge in [0.25, 0.3) is 11.8 Å². The molecular formula is C25H38N4O14P2. The molecule has 0 spiro atoms. The lowest BCUT2D eigenvalue weighted by molar-refractivity contribution is -0.162. The van der Waals surface area contributed by atoms with Crippen LogP contribution in [0.3, 0.4) is 0 Å². The van der Waals surface area contributed by atoms with Gasteiger partial charge in [0.15, 0.2) is 5.79 Å². The van der Waals surface area contributed by atoms with Crippen LogP contribution in [0.25, 0.3) is 0 Å². The van der Waals surface area contributed by atoms with E-state index >= 15 is 0 Å². The molecular weight excluding hydrogens is 642 g/mol. The normalized spacial score (nSPS) is 34.4. The van der Waals surface area contributed by atoms with E-state index in [4.69, 9.17) is 29.0 Å². The number of ether oxygens (including phenoxy) is 2. The Labute approximate surface area is 258 Å². The Bertz CT molecular complexity index is 1340. The summed E-state index contributed by atoms with van der Waals surface area (Å²) in [5.74, 6) is -1.61. The number of hydrogen-bond donors (Lipinski definition) is 8. The lowest BCUT2D eigenvalue weighted by Crippen LogP contribution is -2.45. The monoisotopic (exact) mass is 680 g/mol. The van der Waals surface area contributed by atoms with E-state index in [1.807, 2.05) is 0 Å². The minimum Gasteiger partial charge on any atom is -0.390 e. The molecule has 0 aromatic carbocycles. The maximum atomic E-state index is 11.4. The van der Waals surface area contributed by atoms with Crippen molar-refractivity contribution in [1.82, 2.24) is 20.4 Å². The van der Waals surface area contributed by atoms with Crippen molar-refractivity contribution in [3.05, 3.63) is 49.4 Å². The van der Waals surface area contributed by atoms with E-state index in [2.05, 4.69) is 32.8 Å². The Balaban J connectivity index is 0.000000207. The quantitative estimate of drug-likeness (QED) is 0.144. The first-order valence-corrected chi connectivity index (χ1v) is 16.9. The van der Waals surface area contributed by atoms with Crippen LogP contribution in [0.4, 0.5) is 0 Å². The third-order valence-electron chi connectivity index (χ3n) is 7.88. The maximum absolute atomic E-state index is 11.4. The molecule has 2 saturated carbocycles. The Morgan fingerprint density at radius 2 is 1.27 bits per heavy atom. The molecule has 252 valence electrons. The molecule has 45 heavy (non-hydrogen) atoms. The SMILES string of the molecule is C=C1NC(=O)C=CN1[C@@H]1C[C@H](COP(=O)(O)O)[C@@H](O)[C@H]1O.C=C1NC(=O)C=CN1[C@@H]1C[C@H](COP(=O)(O)O)[C@H]2OC(C)(C)OC12. The minimum absolute atomic E-state index is 0.141. The van der Waals surface area contributed by atoms with Crippen LogP contribution in [0.2, 0.25) is 0 Å². The van der Waals surface area contributed by atoms with Crippen molar-refractivity contribution in [2.75, 3.05) is 13.2 Å². The molecule has 3 aliphatic heterocycles. The number of carbonyl (C=O) groups is 2. The van der Waals surface area contributed by atoms with Gasteiger partial charge in [-0.25, -0.2) is 9.13 Å². The lowest BCUT2D eigenvalue weighted by atomic mass is 10.1. The molecule has 3 fully saturated rings. The van der Waals surface area contributed by atoms with E-state index < -0.39 is 45.6 Å². The Morgan fingerprint density at radius 1 is 0.822 bits per heavy atom. The molecule has 1 saturated heterocycles. The highest BCUT2D eigenvalue weighted by Crippen LogP contribution is 2.46. The lowest BCUT2D eigenvalue weighted by Gasteiger charge is -2.34. The van der Waals surface area contributed by atoms with Crippen molar-refractivity contribution in [3.8, 4) is 0 Å². The molecule has 8 N–H and O–H groups in total. The average molecular weight is 681 g/mol. The molecule has 0 bridgehead atoms. The summed E-state index contributed by atoms with van der Waals surface area (Å²) in [6.07, 6.45) is 3.41. The van der Waals surface area contributed by atoms with Gasteiger partial charge >= 0.3 is 15.6 Å². The number of phosphoric ester groups is 2. The Kier molecular flexibility index (Phi) is 10.5. The third kappa shape index (κ3) is 8.88. The van der Waals surface area contributed by atoms with Gasteiger partial charge in [-0.15, -0.1) is 0 Å². The second-order valence-electron chi connectivity index (χ2n) is 11.6. The number of nitrogens with zero attached hydrogens (tertiary/aromatic N) is 2. The highest BCUT2D eigenvalue weighted by atomic mass is 31.2. The Hall–Kier alpha value is -2.44. The van der Waals surface area contributed by atoms with Crippen molar-refractivity contribution in [2.45, 2.75) is 69.0 Å². The zero-order valence-electron chi connectivity index (χ0n) is 24.4. The highest BCUT2D eigenvalue weighted by Gasteiger charge is 2.56. The Morgan fingerprint density at radius 3 is 1.76 bits per heavy atom. The largest absolute Gasteiger partial charge is 0.469 e. The van der Waals surface area contributed by atoms with Crippen LogP contribution in [0.15, 0.2) is 49.4 Å². The maximum Gasteiger partial charge on any atom is 0.469 e. The summed E-state index contributed by atoms with van der Waals surface area (Å²) in [4.78, 5) is 61.1. The van der Waals surface area contributed by atoms with Gasteiger partial charge in [-0.2, -0.15) is 0 Å².